The summed E-state index contributed by atoms with van der Waals surface area (Å²) in [4.78, 5) is 27.2. The molecule has 0 aliphatic carbocycles. The number of carboxylic acids is 1. The number of hydrogen-bond acceptors (Lipinski definition) is 4. The lowest BCUT2D eigenvalue weighted by atomic mass is 10.0. The van der Waals surface area contributed by atoms with Crippen LogP contribution in [0.2, 0.25) is 0 Å². The van der Waals surface area contributed by atoms with Gasteiger partial charge in [-0.2, -0.15) is 0 Å². The maximum absolute atomic E-state index is 12.1. The van der Waals surface area contributed by atoms with Crippen LogP contribution in [0.3, 0.4) is 0 Å². The molecule has 1 atom stereocenters. The number of nitrogens with one attached hydrogen (secondary N) is 1. The van der Waals surface area contributed by atoms with Gasteiger partial charge in [0, 0.05) is 25.7 Å². The second-order valence-corrected chi connectivity index (χ2v) is 6.54. The summed E-state index contributed by atoms with van der Waals surface area (Å²) in [5, 5.41) is 11.9. The number of halogens is 1. The SMILES string of the molecule is CCN(CC(=O)O)C1CCN(C(C)C(=O)NCC(C)C)CC1.Cl. The molecule has 1 unspecified atom stereocenters. The predicted octanol–water partition coefficient (Wildman–Crippen LogP) is 1.44. The molecule has 0 spiro atoms. The highest BCUT2D eigenvalue weighted by Gasteiger charge is 2.29. The summed E-state index contributed by atoms with van der Waals surface area (Å²) in [5.74, 6) is -0.230. The number of hydrogen-bond donors (Lipinski definition) is 2. The van der Waals surface area contributed by atoms with Crippen molar-refractivity contribution in [3.63, 3.8) is 0 Å². The molecule has 0 aromatic heterocycles. The molecule has 1 heterocycles. The molecule has 1 amide bonds. The molecule has 2 N–H and O–H groups in total. The van der Waals surface area contributed by atoms with Gasteiger partial charge in [-0.15, -0.1) is 12.4 Å². The van der Waals surface area contributed by atoms with Crippen molar-refractivity contribution in [1.29, 1.82) is 0 Å². The van der Waals surface area contributed by atoms with E-state index in [2.05, 4.69) is 24.1 Å². The molecule has 7 heteroatoms. The third-order valence-corrected chi connectivity index (χ3v) is 4.37. The van der Waals surface area contributed by atoms with Gasteiger partial charge in [-0.05, 0) is 32.2 Å². The molecule has 1 aliphatic rings. The first-order chi connectivity index (χ1) is 10.3. The zero-order valence-electron chi connectivity index (χ0n) is 14.7. The summed E-state index contributed by atoms with van der Waals surface area (Å²) in [6, 6.07) is 0.192. The molecular formula is C16H32ClN3O3. The van der Waals surface area contributed by atoms with E-state index in [0.717, 1.165) is 32.5 Å². The number of likely N-dealkylation sites (tertiary alicyclic amines) is 1. The zero-order chi connectivity index (χ0) is 16.7. The van der Waals surface area contributed by atoms with Crippen LogP contribution in [0.25, 0.3) is 0 Å². The van der Waals surface area contributed by atoms with Gasteiger partial charge in [0.05, 0.1) is 12.6 Å². The fourth-order valence-corrected chi connectivity index (χ4v) is 2.93. The van der Waals surface area contributed by atoms with Crippen molar-refractivity contribution in [2.75, 3.05) is 32.7 Å². The van der Waals surface area contributed by atoms with E-state index in [-0.39, 0.29) is 30.9 Å². The first kappa shape index (κ1) is 22.1. The average molecular weight is 350 g/mol. The number of likely N-dealkylation sites (N-methyl/N-ethyl adjacent to an activating group) is 1. The van der Waals surface area contributed by atoms with Crippen LogP contribution in [0.1, 0.15) is 40.5 Å². The predicted molar refractivity (Wildman–Crippen MR) is 94.0 cm³/mol. The van der Waals surface area contributed by atoms with Gasteiger partial charge in [0.15, 0.2) is 0 Å². The molecule has 1 saturated heterocycles. The molecule has 6 nitrogen and oxygen atoms in total. The molecule has 0 aromatic carbocycles. The van der Waals surface area contributed by atoms with Crippen molar-refractivity contribution >= 4 is 24.3 Å². The Morgan fingerprint density at radius 3 is 2.26 bits per heavy atom. The van der Waals surface area contributed by atoms with E-state index < -0.39 is 5.97 Å². The van der Waals surface area contributed by atoms with Crippen LogP contribution in [-0.4, -0.2) is 71.6 Å². The second-order valence-electron chi connectivity index (χ2n) is 6.54. The monoisotopic (exact) mass is 349 g/mol. The van der Waals surface area contributed by atoms with E-state index in [9.17, 15) is 9.59 Å². The van der Waals surface area contributed by atoms with E-state index in [1.165, 1.54) is 0 Å². The van der Waals surface area contributed by atoms with Gasteiger partial charge in [-0.1, -0.05) is 20.8 Å². The molecule has 0 radical (unpaired) electrons. The maximum atomic E-state index is 12.1. The van der Waals surface area contributed by atoms with Crippen molar-refractivity contribution < 1.29 is 14.7 Å². The molecule has 136 valence electrons. The van der Waals surface area contributed by atoms with E-state index in [1.54, 1.807) is 0 Å². The van der Waals surface area contributed by atoms with Crippen LogP contribution in [0.15, 0.2) is 0 Å². The maximum Gasteiger partial charge on any atom is 0.317 e. The summed E-state index contributed by atoms with van der Waals surface area (Å²) < 4.78 is 0. The van der Waals surface area contributed by atoms with Crippen LogP contribution >= 0.6 is 12.4 Å². The Bertz CT molecular complexity index is 372. The van der Waals surface area contributed by atoms with Crippen LogP contribution in [0, 0.1) is 5.92 Å². The molecule has 0 saturated carbocycles. The van der Waals surface area contributed by atoms with Crippen LogP contribution in [0.5, 0.6) is 0 Å². The van der Waals surface area contributed by atoms with E-state index >= 15 is 0 Å². The lowest BCUT2D eigenvalue weighted by molar-refractivity contribution is -0.139. The fraction of sp³-hybridized carbons (Fsp3) is 0.875. The highest BCUT2D eigenvalue weighted by molar-refractivity contribution is 5.85. The normalized spacial score (nSPS) is 17.8. The average Bonchev–Trinajstić information content (AvgIpc) is 2.49. The quantitative estimate of drug-likeness (QED) is 0.693. The van der Waals surface area contributed by atoms with Gasteiger partial charge in [-0.25, -0.2) is 0 Å². The Morgan fingerprint density at radius 2 is 1.83 bits per heavy atom. The second kappa shape index (κ2) is 10.8. The zero-order valence-corrected chi connectivity index (χ0v) is 15.6. The summed E-state index contributed by atoms with van der Waals surface area (Å²) in [6.07, 6.45) is 1.84. The Balaban J connectivity index is 0.00000484. The Kier molecular flexibility index (Phi) is 10.4. The minimum Gasteiger partial charge on any atom is -0.480 e. The van der Waals surface area contributed by atoms with Crippen molar-refractivity contribution in [2.45, 2.75) is 52.6 Å². The number of carbonyl (C=O) groups is 2. The molecule has 1 fully saturated rings. The third kappa shape index (κ3) is 7.50. The van der Waals surface area contributed by atoms with Gasteiger partial charge in [0.1, 0.15) is 0 Å². The molecular weight excluding hydrogens is 318 g/mol. The van der Waals surface area contributed by atoms with Crippen LogP contribution < -0.4 is 5.32 Å². The van der Waals surface area contributed by atoms with Gasteiger partial charge >= 0.3 is 5.97 Å². The number of carbonyl (C=O) groups excluding carboxylic acids is 1. The smallest absolute Gasteiger partial charge is 0.317 e. The summed E-state index contributed by atoms with van der Waals surface area (Å²) >= 11 is 0. The Labute approximate surface area is 146 Å². The fourth-order valence-electron chi connectivity index (χ4n) is 2.93. The lowest BCUT2D eigenvalue weighted by Gasteiger charge is -2.39. The van der Waals surface area contributed by atoms with E-state index in [1.807, 2.05) is 18.7 Å². The largest absolute Gasteiger partial charge is 0.480 e. The molecule has 0 aromatic rings. The molecule has 1 aliphatic heterocycles. The third-order valence-electron chi connectivity index (χ3n) is 4.37. The Morgan fingerprint density at radius 1 is 1.26 bits per heavy atom. The molecule has 0 bridgehead atoms. The van der Waals surface area contributed by atoms with Gasteiger partial charge in [0.25, 0.3) is 0 Å². The molecule has 23 heavy (non-hydrogen) atoms. The van der Waals surface area contributed by atoms with Crippen LogP contribution in [0.4, 0.5) is 0 Å². The number of carboxylic acid groups (broad SMARTS) is 1. The minimum atomic E-state index is -0.772. The van der Waals surface area contributed by atoms with Crippen molar-refractivity contribution in [1.82, 2.24) is 15.1 Å². The van der Waals surface area contributed by atoms with Crippen molar-refractivity contribution in [3.05, 3.63) is 0 Å². The van der Waals surface area contributed by atoms with Gasteiger partial charge in [0.2, 0.25) is 5.91 Å². The highest BCUT2D eigenvalue weighted by atomic mass is 35.5. The van der Waals surface area contributed by atoms with E-state index in [4.69, 9.17) is 5.11 Å². The van der Waals surface area contributed by atoms with Gasteiger partial charge < -0.3 is 10.4 Å². The van der Waals surface area contributed by atoms with Crippen molar-refractivity contribution in [2.24, 2.45) is 5.92 Å². The standard InChI is InChI=1S/C16H31N3O3.ClH/c1-5-18(11-15(20)21)14-6-8-19(9-7-14)13(4)16(22)17-10-12(2)3;/h12-14H,5-11H2,1-4H3,(H,17,22)(H,20,21);1H. The first-order valence-corrected chi connectivity index (χ1v) is 8.32. The number of aliphatic carboxylic acids is 1. The van der Waals surface area contributed by atoms with Crippen LogP contribution in [-0.2, 0) is 9.59 Å². The number of piperidine rings is 1. The van der Waals surface area contributed by atoms with Gasteiger partial charge in [-0.3, -0.25) is 19.4 Å². The first-order valence-electron chi connectivity index (χ1n) is 8.32. The number of nitrogens with zero attached hydrogens (tertiary/aromatic N) is 2. The highest BCUT2D eigenvalue weighted by Crippen LogP contribution is 2.18. The number of rotatable bonds is 8. The van der Waals surface area contributed by atoms with Crippen molar-refractivity contribution in [3.8, 4) is 0 Å². The number of amides is 1. The van der Waals surface area contributed by atoms with E-state index in [0.29, 0.717) is 18.5 Å². The Hall–Kier alpha value is -0.850. The molecule has 1 rings (SSSR count). The minimum absolute atomic E-state index is 0. The topological polar surface area (TPSA) is 72.9 Å². The summed E-state index contributed by atoms with van der Waals surface area (Å²) in [7, 11) is 0. The summed E-state index contributed by atoms with van der Waals surface area (Å²) in [5.41, 5.74) is 0. The lowest BCUT2D eigenvalue weighted by Crippen LogP contribution is -2.52. The summed E-state index contributed by atoms with van der Waals surface area (Å²) in [6.45, 7) is 11.4.